The summed E-state index contributed by atoms with van der Waals surface area (Å²) >= 11 is 0. The van der Waals surface area contributed by atoms with Gasteiger partial charge in [0.05, 0.1) is 22.3 Å². The molecule has 2 aromatic rings. The van der Waals surface area contributed by atoms with Crippen molar-refractivity contribution in [1.29, 1.82) is 0 Å². The number of amides is 1. The number of hydrogen-bond acceptors (Lipinski definition) is 4. The van der Waals surface area contributed by atoms with E-state index in [1.54, 1.807) is 25.2 Å². The molecule has 5 nitrogen and oxygen atoms in total. The van der Waals surface area contributed by atoms with Gasteiger partial charge in [0.2, 0.25) is 0 Å². The summed E-state index contributed by atoms with van der Waals surface area (Å²) < 4.78 is 40.5. The Morgan fingerprint density at radius 1 is 1.26 bits per heavy atom. The van der Waals surface area contributed by atoms with E-state index < -0.39 is 17.6 Å². The summed E-state index contributed by atoms with van der Waals surface area (Å²) in [6, 6.07) is 2.34. The number of rotatable bonds is 7. The van der Waals surface area contributed by atoms with Crippen LogP contribution in [0.1, 0.15) is 43.6 Å². The molecule has 0 atom stereocenters. The molecule has 0 aliphatic carbocycles. The van der Waals surface area contributed by atoms with Crippen LogP contribution < -0.4 is 16.0 Å². The molecule has 0 saturated carbocycles. The largest absolute Gasteiger partial charge is 0.418 e. The monoisotopic (exact) mass is 434 g/mol. The second kappa shape index (κ2) is 11.8. The molecule has 1 amide bonds. The lowest BCUT2D eigenvalue weighted by Gasteiger charge is -2.18. The summed E-state index contributed by atoms with van der Waals surface area (Å²) in [6.45, 7) is 11.6. The van der Waals surface area contributed by atoms with Gasteiger partial charge in [-0.25, -0.2) is 0 Å². The maximum atomic E-state index is 13.5. The predicted molar refractivity (Wildman–Crippen MR) is 122 cm³/mol. The molecular weight excluding hydrogens is 405 g/mol. The van der Waals surface area contributed by atoms with E-state index in [-0.39, 0.29) is 16.8 Å². The summed E-state index contributed by atoms with van der Waals surface area (Å²) in [5.41, 5.74) is 0.345. The number of alkyl halides is 3. The van der Waals surface area contributed by atoms with Gasteiger partial charge in [0.15, 0.2) is 0 Å². The van der Waals surface area contributed by atoms with Gasteiger partial charge in [-0.2, -0.15) is 13.2 Å². The van der Waals surface area contributed by atoms with Crippen LogP contribution in [0.25, 0.3) is 10.9 Å². The van der Waals surface area contributed by atoms with Gasteiger partial charge < -0.3 is 16.0 Å². The normalized spacial score (nSPS) is 11.7. The smallest absolute Gasteiger partial charge is 0.385 e. The lowest BCUT2D eigenvalue weighted by Crippen LogP contribution is -2.20. The maximum Gasteiger partial charge on any atom is 0.418 e. The van der Waals surface area contributed by atoms with Crippen LogP contribution in [0.15, 0.2) is 54.9 Å². The molecule has 0 spiro atoms. The first-order valence-corrected chi connectivity index (χ1v) is 9.99. The Hall–Kier alpha value is -3.29. The van der Waals surface area contributed by atoms with Crippen LogP contribution in [0.5, 0.6) is 0 Å². The van der Waals surface area contributed by atoms with Crippen molar-refractivity contribution >= 4 is 28.2 Å². The molecule has 2 rings (SSSR count). The van der Waals surface area contributed by atoms with E-state index in [1.807, 2.05) is 26.8 Å². The van der Waals surface area contributed by atoms with E-state index in [0.717, 1.165) is 6.07 Å². The first kappa shape index (κ1) is 25.7. The Kier molecular flexibility index (Phi) is 9.79. The molecule has 0 fully saturated rings. The van der Waals surface area contributed by atoms with E-state index in [2.05, 4.69) is 27.5 Å². The third-order valence-electron chi connectivity index (χ3n) is 4.11. The van der Waals surface area contributed by atoms with Crippen molar-refractivity contribution in [3.05, 3.63) is 66.0 Å². The number of pyridine rings is 1. The van der Waals surface area contributed by atoms with Gasteiger partial charge in [-0.3, -0.25) is 9.78 Å². The molecule has 0 aliphatic rings. The molecule has 0 unspecified atom stereocenters. The van der Waals surface area contributed by atoms with E-state index >= 15 is 0 Å². The Labute approximate surface area is 181 Å². The van der Waals surface area contributed by atoms with Crippen LogP contribution >= 0.6 is 0 Å². The van der Waals surface area contributed by atoms with Gasteiger partial charge in [0.1, 0.15) is 0 Å². The number of carbonyl (C=O) groups is 1. The topological polar surface area (TPSA) is 66.0 Å². The Bertz CT molecular complexity index is 979. The lowest BCUT2D eigenvalue weighted by atomic mass is 10.0. The van der Waals surface area contributed by atoms with Crippen LogP contribution in [0, 0.1) is 0 Å². The number of allylic oxidation sites excluding steroid dienone is 4. The van der Waals surface area contributed by atoms with Crippen LogP contribution in [-0.2, 0) is 6.18 Å². The minimum atomic E-state index is -4.54. The molecule has 31 heavy (non-hydrogen) atoms. The highest BCUT2D eigenvalue weighted by atomic mass is 19.4. The first-order valence-electron chi connectivity index (χ1n) is 9.99. The SMILES string of the molecule is C=C/C(=C\C=C/C)Nc1c(C(=O)NC)cnc2cc(C(F)(F)F)c(NCC)cc12.CC. The lowest BCUT2D eigenvalue weighted by molar-refractivity contribution is -0.136. The predicted octanol–water partition coefficient (Wildman–Crippen LogP) is 6.13. The maximum absolute atomic E-state index is 13.5. The number of anilines is 2. The van der Waals surface area contributed by atoms with Crippen molar-refractivity contribution in [3.8, 4) is 0 Å². The summed E-state index contributed by atoms with van der Waals surface area (Å²) in [4.78, 5) is 16.4. The van der Waals surface area contributed by atoms with Gasteiger partial charge in [-0.05, 0) is 38.1 Å². The average Bonchev–Trinajstić information content (AvgIpc) is 2.76. The molecule has 0 radical (unpaired) electrons. The van der Waals surface area contributed by atoms with Crippen LogP contribution in [0.2, 0.25) is 0 Å². The van der Waals surface area contributed by atoms with Gasteiger partial charge in [0, 0.05) is 36.6 Å². The zero-order valence-electron chi connectivity index (χ0n) is 18.4. The second-order valence-electron chi connectivity index (χ2n) is 6.05. The van der Waals surface area contributed by atoms with Gasteiger partial charge in [-0.1, -0.05) is 32.6 Å². The fourth-order valence-electron chi connectivity index (χ4n) is 2.76. The third kappa shape index (κ3) is 6.34. The fraction of sp³-hybridized carbons (Fsp3) is 0.304. The van der Waals surface area contributed by atoms with Gasteiger partial charge in [0.25, 0.3) is 5.91 Å². The van der Waals surface area contributed by atoms with Crippen LogP contribution in [0.4, 0.5) is 24.5 Å². The molecule has 1 aromatic carbocycles. The van der Waals surface area contributed by atoms with Crippen LogP contribution in [0.3, 0.4) is 0 Å². The molecule has 1 heterocycles. The van der Waals surface area contributed by atoms with Crippen molar-refractivity contribution in [1.82, 2.24) is 10.3 Å². The summed E-state index contributed by atoms with van der Waals surface area (Å²) in [5, 5.41) is 8.74. The molecule has 0 aliphatic heterocycles. The molecule has 3 N–H and O–H groups in total. The van der Waals surface area contributed by atoms with Crippen molar-refractivity contribution in [2.24, 2.45) is 0 Å². The zero-order chi connectivity index (χ0) is 23.6. The molecular formula is C23H29F3N4O. The molecule has 1 aromatic heterocycles. The highest BCUT2D eigenvalue weighted by molar-refractivity contribution is 6.08. The zero-order valence-corrected chi connectivity index (χ0v) is 18.4. The average molecular weight is 435 g/mol. The van der Waals surface area contributed by atoms with E-state index in [4.69, 9.17) is 0 Å². The van der Waals surface area contributed by atoms with Crippen molar-refractivity contribution in [2.75, 3.05) is 24.2 Å². The van der Waals surface area contributed by atoms with E-state index in [9.17, 15) is 18.0 Å². The Balaban J connectivity index is 0.00000233. The molecule has 0 saturated heterocycles. The Morgan fingerprint density at radius 3 is 2.45 bits per heavy atom. The highest BCUT2D eigenvalue weighted by Gasteiger charge is 2.34. The quantitative estimate of drug-likeness (QED) is 0.459. The Morgan fingerprint density at radius 2 is 1.94 bits per heavy atom. The van der Waals surface area contributed by atoms with Gasteiger partial charge in [-0.15, -0.1) is 0 Å². The van der Waals surface area contributed by atoms with Gasteiger partial charge >= 0.3 is 6.18 Å². The number of nitrogens with one attached hydrogen (secondary N) is 3. The number of fused-ring (bicyclic) bond motifs is 1. The van der Waals surface area contributed by atoms with E-state index in [0.29, 0.717) is 23.3 Å². The minimum Gasteiger partial charge on any atom is -0.385 e. The van der Waals surface area contributed by atoms with Crippen molar-refractivity contribution in [2.45, 2.75) is 33.9 Å². The molecule has 0 bridgehead atoms. The second-order valence-corrected chi connectivity index (χ2v) is 6.05. The molecule has 168 valence electrons. The standard InChI is InChI=1S/C21H23F3N4O.C2H6/c1-5-8-9-13(6-2)28-19-14-10-18(26-7-3)16(21(22,23)24)11-17(14)27-12-15(19)20(29)25-4;1-2/h5-6,8-12,26H,2,7H2,1,3-4H3,(H,25,29)(H,27,28);1-2H3/b8-5-,13-9+;. The van der Waals surface area contributed by atoms with E-state index in [1.165, 1.54) is 19.3 Å². The van der Waals surface area contributed by atoms with Crippen molar-refractivity contribution in [3.63, 3.8) is 0 Å². The van der Waals surface area contributed by atoms with Crippen LogP contribution in [-0.4, -0.2) is 24.5 Å². The number of hydrogen-bond donors (Lipinski definition) is 3. The third-order valence-corrected chi connectivity index (χ3v) is 4.11. The molecule has 8 heteroatoms. The first-order chi connectivity index (χ1) is 14.8. The summed E-state index contributed by atoms with van der Waals surface area (Å²) in [6.07, 6.45) is 3.59. The number of nitrogens with zero attached hydrogens (tertiary/aromatic N) is 1. The minimum absolute atomic E-state index is 0.0796. The number of aromatic nitrogens is 1. The van der Waals surface area contributed by atoms with Crippen molar-refractivity contribution < 1.29 is 18.0 Å². The number of halogens is 3. The number of carbonyl (C=O) groups excluding carboxylic acids is 1. The summed E-state index contributed by atoms with van der Waals surface area (Å²) in [5.74, 6) is -0.416. The summed E-state index contributed by atoms with van der Waals surface area (Å²) in [7, 11) is 1.47. The number of benzene rings is 1. The highest BCUT2D eigenvalue weighted by Crippen LogP contribution is 2.39. The fourth-order valence-corrected chi connectivity index (χ4v) is 2.76.